The Kier molecular flexibility index (Phi) is 4.32. The molecule has 3 aromatic carbocycles. The Morgan fingerprint density at radius 3 is 2.48 bits per heavy atom. The minimum atomic E-state index is -0.0850. The van der Waals surface area contributed by atoms with E-state index in [4.69, 9.17) is 0 Å². The number of hydrogen-bond donors (Lipinski definition) is 1. The lowest BCUT2D eigenvalue weighted by atomic mass is 9.68. The summed E-state index contributed by atoms with van der Waals surface area (Å²) in [7, 11) is 0. The van der Waals surface area contributed by atoms with Gasteiger partial charge in [-0.25, -0.2) is 0 Å². The normalized spacial score (nSPS) is 20.2. The van der Waals surface area contributed by atoms with Crippen molar-refractivity contribution in [3.8, 4) is 0 Å². The molecule has 2 nitrogen and oxygen atoms in total. The van der Waals surface area contributed by atoms with E-state index < -0.39 is 0 Å². The molecule has 2 aliphatic rings. The van der Waals surface area contributed by atoms with E-state index >= 15 is 0 Å². The summed E-state index contributed by atoms with van der Waals surface area (Å²) in [6, 6.07) is 21.4. The van der Waals surface area contributed by atoms with Gasteiger partial charge in [-0.3, -0.25) is 4.79 Å². The van der Waals surface area contributed by atoms with Crippen LogP contribution in [0.3, 0.4) is 0 Å². The van der Waals surface area contributed by atoms with E-state index in [9.17, 15) is 4.79 Å². The molecule has 0 unspecified atom stereocenters. The molecule has 0 saturated heterocycles. The van der Waals surface area contributed by atoms with Crippen LogP contribution in [0.15, 0.2) is 71.1 Å². The Labute approximate surface area is 176 Å². The highest BCUT2D eigenvalue weighted by molar-refractivity contribution is 7.98. The zero-order valence-corrected chi connectivity index (χ0v) is 17.9. The maximum Gasteiger partial charge on any atom is 0.162 e. The van der Waals surface area contributed by atoms with Gasteiger partial charge in [0.2, 0.25) is 0 Å². The van der Waals surface area contributed by atoms with Gasteiger partial charge in [0.1, 0.15) is 0 Å². The quantitative estimate of drug-likeness (QED) is 0.477. The molecule has 0 radical (unpaired) electrons. The minimum absolute atomic E-state index is 0.0191. The molecule has 1 atom stereocenters. The first-order chi connectivity index (χ1) is 14.0. The average molecular weight is 400 g/mol. The summed E-state index contributed by atoms with van der Waals surface area (Å²) in [6.07, 6.45) is 3.62. The number of carbonyl (C=O) groups excluding carboxylic acids is 1. The Morgan fingerprint density at radius 2 is 1.72 bits per heavy atom. The highest BCUT2D eigenvalue weighted by Gasteiger charge is 2.40. The number of benzene rings is 3. The Morgan fingerprint density at radius 1 is 0.966 bits per heavy atom. The van der Waals surface area contributed by atoms with Gasteiger partial charge >= 0.3 is 0 Å². The molecule has 0 saturated carbocycles. The highest BCUT2D eigenvalue weighted by Crippen LogP contribution is 2.52. The van der Waals surface area contributed by atoms with Crippen LogP contribution in [0, 0.1) is 5.41 Å². The van der Waals surface area contributed by atoms with E-state index in [1.165, 1.54) is 26.8 Å². The second kappa shape index (κ2) is 6.77. The van der Waals surface area contributed by atoms with Crippen molar-refractivity contribution in [1.29, 1.82) is 0 Å². The van der Waals surface area contributed by atoms with Crippen LogP contribution in [0.1, 0.15) is 43.9 Å². The minimum Gasteiger partial charge on any atom is -0.373 e. The zero-order valence-electron chi connectivity index (χ0n) is 17.1. The molecule has 0 fully saturated rings. The lowest BCUT2D eigenvalue weighted by Gasteiger charge is -2.40. The molecule has 0 aromatic heterocycles. The number of thioether (sulfide) groups is 1. The second-order valence-corrected chi connectivity index (χ2v) is 9.77. The zero-order chi connectivity index (χ0) is 20.2. The number of allylic oxidation sites excluding steroid dienone is 1. The van der Waals surface area contributed by atoms with E-state index in [0.717, 1.165) is 23.2 Å². The van der Waals surface area contributed by atoms with E-state index in [1.807, 2.05) is 0 Å². The fourth-order valence-electron chi connectivity index (χ4n) is 4.88. The third kappa shape index (κ3) is 3.08. The van der Waals surface area contributed by atoms with Crippen LogP contribution >= 0.6 is 11.8 Å². The molecule has 5 rings (SSSR count). The number of rotatable bonds is 2. The third-order valence-corrected chi connectivity index (χ3v) is 6.93. The molecule has 0 spiro atoms. The van der Waals surface area contributed by atoms with Crippen molar-refractivity contribution in [1.82, 2.24) is 0 Å². The van der Waals surface area contributed by atoms with Crippen molar-refractivity contribution in [2.75, 3.05) is 11.6 Å². The van der Waals surface area contributed by atoms with Crippen LogP contribution in [0.2, 0.25) is 0 Å². The van der Waals surface area contributed by atoms with E-state index in [-0.39, 0.29) is 17.2 Å². The maximum atomic E-state index is 13.4. The molecule has 1 N–H and O–H groups in total. The molecular formula is C26H25NOS. The molecule has 1 aliphatic heterocycles. The van der Waals surface area contributed by atoms with Gasteiger partial charge in [-0.15, -0.1) is 11.8 Å². The molecule has 0 amide bonds. The van der Waals surface area contributed by atoms with Gasteiger partial charge in [0, 0.05) is 28.1 Å². The number of ketones is 1. The van der Waals surface area contributed by atoms with Gasteiger partial charge in [0.15, 0.2) is 5.78 Å². The summed E-state index contributed by atoms with van der Waals surface area (Å²) < 4.78 is 0. The van der Waals surface area contributed by atoms with Crippen LogP contribution in [0.5, 0.6) is 0 Å². The average Bonchev–Trinajstić information content (AvgIpc) is 2.72. The largest absolute Gasteiger partial charge is 0.373 e. The van der Waals surface area contributed by atoms with Gasteiger partial charge < -0.3 is 5.32 Å². The van der Waals surface area contributed by atoms with Crippen molar-refractivity contribution >= 4 is 39.6 Å². The van der Waals surface area contributed by atoms with Crippen molar-refractivity contribution in [3.05, 3.63) is 77.4 Å². The number of carbonyl (C=O) groups is 1. The summed E-state index contributed by atoms with van der Waals surface area (Å²) in [5, 5.41) is 6.16. The molecule has 3 aromatic rings. The summed E-state index contributed by atoms with van der Waals surface area (Å²) >= 11 is 1.74. The fourth-order valence-corrected chi connectivity index (χ4v) is 5.29. The fraction of sp³-hybridized carbons (Fsp3) is 0.269. The molecule has 0 bridgehead atoms. The number of anilines is 1. The summed E-state index contributed by atoms with van der Waals surface area (Å²) in [5.74, 6) is 0.279. The SMILES string of the molecule is CSc1ccc([C@@H]2Nc3ccc4ccccc4c3C3=C2C(=O)CC(C)(C)C3)cc1. The lowest BCUT2D eigenvalue weighted by Crippen LogP contribution is -2.33. The lowest BCUT2D eigenvalue weighted by molar-refractivity contribution is -0.118. The Hall–Kier alpha value is -2.52. The first kappa shape index (κ1) is 18.5. The van der Waals surface area contributed by atoms with Gasteiger partial charge in [-0.2, -0.15) is 0 Å². The van der Waals surface area contributed by atoms with E-state index in [0.29, 0.717) is 6.42 Å². The summed E-state index contributed by atoms with van der Waals surface area (Å²) in [4.78, 5) is 14.6. The molecule has 146 valence electrons. The van der Waals surface area contributed by atoms with E-state index in [2.05, 4.69) is 86.1 Å². The van der Waals surface area contributed by atoms with Gasteiger partial charge in [0.25, 0.3) is 0 Å². The van der Waals surface area contributed by atoms with Crippen molar-refractivity contribution in [2.45, 2.75) is 37.6 Å². The number of fused-ring (bicyclic) bond motifs is 4. The number of Topliss-reactive ketones (excluding diaryl/α,β-unsaturated/α-hetero) is 1. The highest BCUT2D eigenvalue weighted by atomic mass is 32.2. The molecule has 29 heavy (non-hydrogen) atoms. The van der Waals surface area contributed by atoms with Gasteiger partial charge in [0.05, 0.1) is 6.04 Å². The molecule has 1 aliphatic carbocycles. The number of hydrogen-bond acceptors (Lipinski definition) is 3. The Bertz CT molecular complexity index is 1160. The topological polar surface area (TPSA) is 29.1 Å². The van der Waals surface area contributed by atoms with Crippen LogP contribution in [0.25, 0.3) is 16.3 Å². The van der Waals surface area contributed by atoms with Crippen molar-refractivity contribution in [2.24, 2.45) is 5.41 Å². The van der Waals surface area contributed by atoms with Crippen LogP contribution in [-0.2, 0) is 4.79 Å². The van der Waals surface area contributed by atoms with Crippen LogP contribution in [-0.4, -0.2) is 12.0 Å². The van der Waals surface area contributed by atoms with Crippen molar-refractivity contribution in [3.63, 3.8) is 0 Å². The standard InChI is InChI=1S/C26H25NOS/c1-26(2)14-20-23-19-7-5-4-6-16(19)10-13-21(23)27-25(24(20)22(28)15-26)17-8-11-18(29-3)12-9-17/h4-13,25,27H,14-15H2,1-3H3/t25-/m0/s1. The first-order valence-corrected chi connectivity index (χ1v) is 11.4. The van der Waals surface area contributed by atoms with Crippen LogP contribution in [0.4, 0.5) is 5.69 Å². The second-order valence-electron chi connectivity index (χ2n) is 8.89. The Balaban J connectivity index is 1.76. The number of nitrogens with one attached hydrogen (secondary N) is 1. The summed E-state index contributed by atoms with van der Waals surface area (Å²) in [5.41, 5.74) is 5.68. The molecular weight excluding hydrogens is 374 g/mol. The maximum absolute atomic E-state index is 13.4. The van der Waals surface area contributed by atoms with Crippen molar-refractivity contribution < 1.29 is 4.79 Å². The predicted molar refractivity (Wildman–Crippen MR) is 123 cm³/mol. The smallest absolute Gasteiger partial charge is 0.162 e. The first-order valence-electron chi connectivity index (χ1n) is 10.2. The third-order valence-electron chi connectivity index (χ3n) is 6.19. The monoisotopic (exact) mass is 399 g/mol. The van der Waals surface area contributed by atoms with Gasteiger partial charge in [-0.05, 0) is 58.2 Å². The predicted octanol–water partition coefficient (Wildman–Crippen LogP) is 6.87. The van der Waals surface area contributed by atoms with Crippen LogP contribution < -0.4 is 5.32 Å². The summed E-state index contributed by atoms with van der Waals surface area (Å²) in [6.45, 7) is 4.42. The van der Waals surface area contributed by atoms with E-state index in [1.54, 1.807) is 11.8 Å². The molecule has 1 heterocycles. The van der Waals surface area contributed by atoms with Gasteiger partial charge in [-0.1, -0.05) is 56.3 Å². The molecule has 3 heteroatoms.